The van der Waals surface area contributed by atoms with Crippen LogP contribution in [0.25, 0.3) is 0 Å². The van der Waals surface area contributed by atoms with Crippen molar-refractivity contribution in [3.05, 3.63) is 48.0 Å². The lowest BCUT2D eigenvalue weighted by Gasteiger charge is -2.26. The largest absolute Gasteiger partial charge is 0.497 e. The van der Waals surface area contributed by atoms with Crippen molar-refractivity contribution in [1.82, 2.24) is 0 Å². The monoisotopic (exact) mass is 330 g/mol. The minimum Gasteiger partial charge on any atom is -0.497 e. The summed E-state index contributed by atoms with van der Waals surface area (Å²) >= 11 is 1.58. The van der Waals surface area contributed by atoms with Crippen molar-refractivity contribution in [2.75, 3.05) is 30.6 Å². The summed E-state index contributed by atoms with van der Waals surface area (Å²) in [5.74, 6) is 1.79. The number of anilines is 2. The molecule has 2 aromatic carbocycles. The van der Waals surface area contributed by atoms with Gasteiger partial charge in [0.15, 0.2) is 0 Å². The first kappa shape index (κ1) is 15.6. The Hall–Kier alpha value is -2.34. The molecule has 1 aliphatic rings. The van der Waals surface area contributed by atoms with Crippen molar-refractivity contribution in [1.29, 1.82) is 0 Å². The molecule has 1 heterocycles. The summed E-state index contributed by atoms with van der Waals surface area (Å²) in [5, 5.41) is -0.107. The van der Waals surface area contributed by atoms with E-state index in [-0.39, 0.29) is 11.3 Å². The number of methoxy groups -OCH3 is 2. The van der Waals surface area contributed by atoms with Gasteiger partial charge in [0.1, 0.15) is 16.9 Å². The SMILES string of the molecule is COc1ccc(OC)c(N2C(=O)CSC2c2ccc(N)cc2)c1. The number of hydrogen-bond acceptors (Lipinski definition) is 5. The third-order valence-electron chi connectivity index (χ3n) is 3.74. The average molecular weight is 330 g/mol. The van der Waals surface area contributed by atoms with E-state index in [9.17, 15) is 4.79 Å². The van der Waals surface area contributed by atoms with E-state index in [0.717, 1.165) is 5.56 Å². The number of benzene rings is 2. The fraction of sp³-hybridized carbons (Fsp3) is 0.235. The first-order valence-corrected chi connectivity index (χ1v) is 8.20. The minimum absolute atomic E-state index is 0.0448. The summed E-state index contributed by atoms with van der Waals surface area (Å²) in [7, 11) is 3.20. The van der Waals surface area contributed by atoms with Gasteiger partial charge in [-0.05, 0) is 29.8 Å². The van der Waals surface area contributed by atoms with Crippen molar-refractivity contribution in [3.63, 3.8) is 0 Å². The number of ether oxygens (including phenoxy) is 2. The van der Waals surface area contributed by atoms with Gasteiger partial charge in [-0.1, -0.05) is 12.1 Å². The quantitative estimate of drug-likeness (QED) is 0.873. The lowest BCUT2D eigenvalue weighted by atomic mass is 10.1. The molecule has 6 heteroatoms. The molecule has 2 N–H and O–H groups in total. The molecule has 1 fully saturated rings. The molecular formula is C17H18N2O3S. The van der Waals surface area contributed by atoms with Gasteiger partial charge in [-0.15, -0.1) is 11.8 Å². The number of rotatable bonds is 4. The number of carbonyl (C=O) groups is 1. The van der Waals surface area contributed by atoms with Crippen LogP contribution < -0.4 is 20.1 Å². The minimum atomic E-state index is -0.107. The highest BCUT2D eigenvalue weighted by molar-refractivity contribution is 8.00. The zero-order valence-corrected chi connectivity index (χ0v) is 13.8. The third kappa shape index (κ3) is 2.94. The van der Waals surface area contributed by atoms with E-state index in [0.29, 0.717) is 28.6 Å². The van der Waals surface area contributed by atoms with Crippen LogP contribution in [0.15, 0.2) is 42.5 Å². The highest BCUT2D eigenvalue weighted by atomic mass is 32.2. The third-order valence-corrected chi connectivity index (χ3v) is 4.95. The number of thioether (sulfide) groups is 1. The highest BCUT2D eigenvalue weighted by Gasteiger charge is 2.35. The Morgan fingerprint density at radius 3 is 2.52 bits per heavy atom. The van der Waals surface area contributed by atoms with E-state index < -0.39 is 0 Å². The van der Waals surface area contributed by atoms with E-state index in [1.54, 1.807) is 30.9 Å². The van der Waals surface area contributed by atoms with E-state index in [4.69, 9.17) is 15.2 Å². The molecule has 0 radical (unpaired) electrons. The fourth-order valence-corrected chi connectivity index (χ4v) is 3.75. The van der Waals surface area contributed by atoms with E-state index in [2.05, 4.69) is 0 Å². The highest BCUT2D eigenvalue weighted by Crippen LogP contribution is 2.45. The van der Waals surface area contributed by atoms with Crippen LogP contribution in [0.1, 0.15) is 10.9 Å². The van der Waals surface area contributed by atoms with Gasteiger partial charge in [0.05, 0.1) is 25.7 Å². The normalized spacial score (nSPS) is 17.4. The zero-order valence-electron chi connectivity index (χ0n) is 13.0. The van der Waals surface area contributed by atoms with Crippen molar-refractivity contribution < 1.29 is 14.3 Å². The van der Waals surface area contributed by atoms with Crippen LogP contribution in [0.3, 0.4) is 0 Å². The summed E-state index contributed by atoms with van der Waals surface area (Å²) < 4.78 is 10.7. The second-order valence-corrected chi connectivity index (χ2v) is 6.20. The smallest absolute Gasteiger partial charge is 0.238 e. The van der Waals surface area contributed by atoms with Gasteiger partial charge in [0.2, 0.25) is 5.91 Å². The van der Waals surface area contributed by atoms with E-state index in [1.165, 1.54) is 0 Å². The summed E-state index contributed by atoms with van der Waals surface area (Å²) in [4.78, 5) is 14.2. The van der Waals surface area contributed by atoms with Crippen LogP contribution in [0.5, 0.6) is 11.5 Å². The molecule has 0 spiro atoms. The first-order valence-electron chi connectivity index (χ1n) is 7.15. The Labute approximate surface area is 139 Å². The number of carbonyl (C=O) groups excluding carboxylic acids is 1. The number of nitrogen functional groups attached to an aromatic ring is 1. The predicted molar refractivity (Wildman–Crippen MR) is 93.1 cm³/mol. The fourth-order valence-electron chi connectivity index (χ4n) is 2.58. The summed E-state index contributed by atoms with van der Waals surface area (Å²) in [6.45, 7) is 0. The Bertz CT molecular complexity index is 718. The number of nitrogens with two attached hydrogens (primary N) is 1. The lowest BCUT2D eigenvalue weighted by Crippen LogP contribution is -2.28. The molecule has 0 aromatic heterocycles. The lowest BCUT2D eigenvalue weighted by molar-refractivity contribution is -0.115. The molecule has 0 bridgehead atoms. The van der Waals surface area contributed by atoms with Gasteiger partial charge >= 0.3 is 0 Å². The summed E-state index contributed by atoms with van der Waals surface area (Å²) in [6, 6.07) is 13.0. The maximum Gasteiger partial charge on any atom is 0.238 e. The number of nitrogens with zero attached hydrogens (tertiary/aromatic N) is 1. The Morgan fingerprint density at radius 1 is 1.13 bits per heavy atom. The molecule has 23 heavy (non-hydrogen) atoms. The second kappa shape index (κ2) is 6.42. The zero-order chi connectivity index (χ0) is 16.4. The topological polar surface area (TPSA) is 64.8 Å². The van der Waals surface area contributed by atoms with Crippen LogP contribution in [0, 0.1) is 0 Å². The molecule has 1 atom stereocenters. The van der Waals surface area contributed by atoms with Crippen molar-refractivity contribution in [2.24, 2.45) is 0 Å². The molecule has 120 valence electrons. The van der Waals surface area contributed by atoms with E-state index in [1.807, 2.05) is 42.5 Å². The standard InChI is InChI=1S/C17H18N2O3S/c1-21-13-7-8-15(22-2)14(9-13)19-16(20)10-23-17(19)11-3-5-12(18)6-4-11/h3-9,17H,10,18H2,1-2H3. The van der Waals surface area contributed by atoms with Gasteiger partial charge < -0.3 is 15.2 Å². The molecule has 1 amide bonds. The molecule has 3 rings (SSSR count). The van der Waals surface area contributed by atoms with Gasteiger partial charge in [0.25, 0.3) is 0 Å². The molecular weight excluding hydrogens is 312 g/mol. The predicted octanol–water partition coefficient (Wildman–Crippen LogP) is 3.06. The molecule has 0 saturated carbocycles. The van der Waals surface area contributed by atoms with Gasteiger partial charge in [-0.25, -0.2) is 0 Å². The van der Waals surface area contributed by atoms with Crippen LogP contribution >= 0.6 is 11.8 Å². The molecule has 2 aromatic rings. The summed E-state index contributed by atoms with van der Waals surface area (Å²) in [5.41, 5.74) is 8.20. The first-order chi connectivity index (χ1) is 11.1. The maximum absolute atomic E-state index is 12.5. The molecule has 1 unspecified atom stereocenters. The average Bonchev–Trinajstić information content (AvgIpc) is 2.96. The van der Waals surface area contributed by atoms with Crippen LogP contribution in [-0.4, -0.2) is 25.9 Å². The Kier molecular flexibility index (Phi) is 4.34. The van der Waals surface area contributed by atoms with Gasteiger partial charge in [-0.2, -0.15) is 0 Å². The molecule has 5 nitrogen and oxygen atoms in total. The number of hydrogen-bond donors (Lipinski definition) is 1. The second-order valence-electron chi connectivity index (χ2n) is 5.13. The molecule has 0 aliphatic carbocycles. The summed E-state index contributed by atoms with van der Waals surface area (Å²) in [6.07, 6.45) is 0. The van der Waals surface area contributed by atoms with Crippen LogP contribution in [0.4, 0.5) is 11.4 Å². The van der Waals surface area contributed by atoms with Gasteiger partial charge in [-0.3, -0.25) is 9.69 Å². The van der Waals surface area contributed by atoms with Crippen LogP contribution in [0.2, 0.25) is 0 Å². The number of amides is 1. The Morgan fingerprint density at radius 2 is 1.87 bits per heavy atom. The van der Waals surface area contributed by atoms with Crippen molar-refractivity contribution >= 4 is 29.0 Å². The van der Waals surface area contributed by atoms with Crippen molar-refractivity contribution in [2.45, 2.75) is 5.37 Å². The Balaban J connectivity index is 2.05. The molecule has 1 saturated heterocycles. The van der Waals surface area contributed by atoms with Gasteiger partial charge in [0, 0.05) is 11.8 Å². The van der Waals surface area contributed by atoms with Crippen molar-refractivity contribution in [3.8, 4) is 11.5 Å². The maximum atomic E-state index is 12.5. The molecule has 1 aliphatic heterocycles. The van der Waals surface area contributed by atoms with E-state index >= 15 is 0 Å². The van der Waals surface area contributed by atoms with Crippen LogP contribution in [-0.2, 0) is 4.79 Å².